The highest BCUT2D eigenvalue weighted by Gasteiger charge is 2.36. The molecule has 3 unspecified atom stereocenters. The maximum atomic E-state index is 14.0. The fourth-order valence-electron chi connectivity index (χ4n) is 3.57. The van der Waals surface area contributed by atoms with Crippen LogP contribution in [0, 0.1) is 5.82 Å². The predicted octanol–water partition coefficient (Wildman–Crippen LogP) is 2.34. The summed E-state index contributed by atoms with van der Waals surface area (Å²) in [6, 6.07) is 7.62. The summed E-state index contributed by atoms with van der Waals surface area (Å²) in [7, 11) is 1.91. The number of fused-ring (bicyclic) bond motifs is 1. The summed E-state index contributed by atoms with van der Waals surface area (Å²) in [6.45, 7) is 2.60. The third-order valence-electron chi connectivity index (χ3n) is 4.64. The van der Waals surface area contributed by atoms with Gasteiger partial charge in [-0.05, 0) is 32.4 Å². The lowest BCUT2D eigenvalue weighted by Crippen LogP contribution is -2.50. The molecule has 3 atom stereocenters. The lowest BCUT2D eigenvalue weighted by Gasteiger charge is -2.39. The van der Waals surface area contributed by atoms with Gasteiger partial charge < -0.3 is 10.1 Å². The Balaban J connectivity index is 1.73. The van der Waals surface area contributed by atoms with E-state index in [0.717, 1.165) is 25.3 Å². The largest absolute Gasteiger partial charge is 0.375 e. The number of morpholine rings is 1. The van der Waals surface area contributed by atoms with Crippen LogP contribution in [0.2, 0.25) is 0 Å². The second kappa shape index (κ2) is 6.20. The molecule has 20 heavy (non-hydrogen) atoms. The zero-order valence-electron chi connectivity index (χ0n) is 12.0. The molecule has 1 heterocycles. The van der Waals surface area contributed by atoms with Crippen LogP contribution in [0.25, 0.3) is 0 Å². The molecule has 110 valence electrons. The summed E-state index contributed by atoms with van der Waals surface area (Å²) in [5.41, 5.74) is 0.760. The number of ether oxygens (including phenoxy) is 1. The summed E-state index contributed by atoms with van der Waals surface area (Å²) in [5.74, 6) is -0.122. The summed E-state index contributed by atoms with van der Waals surface area (Å²) in [4.78, 5) is 2.48. The first kappa shape index (κ1) is 14.0. The Hall–Kier alpha value is -0.970. The van der Waals surface area contributed by atoms with Gasteiger partial charge in [-0.3, -0.25) is 4.90 Å². The van der Waals surface area contributed by atoms with E-state index in [9.17, 15) is 4.39 Å². The minimum Gasteiger partial charge on any atom is -0.375 e. The monoisotopic (exact) mass is 278 g/mol. The van der Waals surface area contributed by atoms with Crippen LogP contribution in [0.1, 0.15) is 30.9 Å². The Morgan fingerprint density at radius 2 is 2.25 bits per heavy atom. The smallest absolute Gasteiger partial charge is 0.128 e. The number of hydrogen-bond donors (Lipinski definition) is 1. The molecule has 4 heteroatoms. The molecule has 1 aliphatic carbocycles. The van der Waals surface area contributed by atoms with Crippen LogP contribution in [0.5, 0.6) is 0 Å². The van der Waals surface area contributed by atoms with Crippen molar-refractivity contribution in [2.75, 3.05) is 26.7 Å². The quantitative estimate of drug-likeness (QED) is 0.915. The molecule has 0 radical (unpaired) electrons. The summed E-state index contributed by atoms with van der Waals surface area (Å²) < 4.78 is 19.8. The number of likely N-dealkylation sites (N-methyl/N-ethyl adjacent to an activating group) is 1. The third kappa shape index (κ3) is 2.73. The highest BCUT2D eigenvalue weighted by Crippen LogP contribution is 2.31. The Morgan fingerprint density at radius 3 is 3.05 bits per heavy atom. The summed E-state index contributed by atoms with van der Waals surface area (Å²) in [5, 5.41) is 3.26. The first-order chi connectivity index (χ1) is 9.79. The number of rotatable bonds is 4. The van der Waals surface area contributed by atoms with E-state index in [-0.39, 0.29) is 11.9 Å². The van der Waals surface area contributed by atoms with Crippen LogP contribution in [0.15, 0.2) is 24.3 Å². The van der Waals surface area contributed by atoms with Crippen molar-refractivity contribution in [2.24, 2.45) is 0 Å². The van der Waals surface area contributed by atoms with Crippen molar-refractivity contribution in [1.29, 1.82) is 0 Å². The molecule has 1 saturated heterocycles. The number of halogens is 1. The van der Waals surface area contributed by atoms with Crippen molar-refractivity contribution in [1.82, 2.24) is 10.2 Å². The van der Waals surface area contributed by atoms with Gasteiger partial charge in [0.15, 0.2) is 0 Å². The average molecular weight is 278 g/mol. The van der Waals surface area contributed by atoms with Crippen LogP contribution in [-0.2, 0) is 4.74 Å². The van der Waals surface area contributed by atoms with E-state index in [1.165, 1.54) is 25.3 Å². The fourth-order valence-corrected chi connectivity index (χ4v) is 3.57. The fraction of sp³-hybridized carbons (Fsp3) is 0.625. The van der Waals surface area contributed by atoms with Gasteiger partial charge in [-0.1, -0.05) is 18.2 Å². The van der Waals surface area contributed by atoms with Gasteiger partial charge in [-0.25, -0.2) is 4.39 Å². The van der Waals surface area contributed by atoms with E-state index < -0.39 is 0 Å². The molecule has 2 fully saturated rings. The molecule has 0 amide bonds. The van der Waals surface area contributed by atoms with Crippen LogP contribution in [0.4, 0.5) is 4.39 Å². The second-order valence-corrected chi connectivity index (χ2v) is 5.77. The minimum atomic E-state index is -0.122. The number of hydrogen-bond acceptors (Lipinski definition) is 3. The van der Waals surface area contributed by atoms with E-state index in [1.807, 2.05) is 19.2 Å². The SMILES string of the molecule is CNC(CN1CCOC2CCCC21)c1ccccc1F. The zero-order valence-corrected chi connectivity index (χ0v) is 12.0. The first-order valence-electron chi connectivity index (χ1n) is 7.57. The Labute approximate surface area is 120 Å². The predicted molar refractivity (Wildman–Crippen MR) is 77.2 cm³/mol. The molecule has 1 aromatic carbocycles. The standard InChI is InChI=1S/C16H23FN2O/c1-18-14(12-5-2-3-6-13(12)17)11-19-9-10-20-16-8-4-7-15(16)19/h2-3,5-6,14-16,18H,4,7-11H2,1H3. The van der Waals surface area contributed by atoms with Crippen molar-refractivity contribution >= 4 is 0 Å². The van der Waals surface area contributed by atoms with Crippen molar-refractivity contribution in [3.63, 3.8) is 0 Å². The van der Waals surface area contributed by atoms with Gasteiger partial charge in [0.1, 0.15) is 5.82 Å². The number of nitrogens with one attached hydrogen (secondary N) is 1. The van der Waals surface area contributed by atoms with Crippen LogP contribution >= 0.6 is 0 Å². The molecular formula is C16H23FN2O. The van der Waals surface area contributed by atoms with Crippen molar-refractivity contribution < 1.29 is 9.13 Å². The molecule has 3 nitrogen and oxygen atoms in total. The highest BCUT2D eigenvalue weighted by atomic mass is 19.1. The van der Waals surface area contributed by atoms with E-state index in [0.29, 0.717) is 12.1 Å². The third-order valence-corrected chi connectivity index (χ3v) is 4.64. The zero-order chi connectivity index (χ0) is 13.9. The first-order valence-corrected chi connectivity index (χ1v) is 7.57. The molecule has 2 aliphatic rings. The minimum absolute atomic E-state index is 0.0375. The van der Waals surface area contributed by atoms with Crippen LogP contribution in [0.3, 0.4) is 0 Å². The van der Waals surface area contributed by atoms with Crippen molar-refractivity contribution in [3.05, 3.63) is 35.6 Å². The van der Waals surface area contributed by atoms with Gasteiger partial charge >= 0.3 is 0 Å². The average Bonchev–Trinajstić information content (AvgIpc) is 2.95. The second-order valence-electron chi connectivity index (χ2n) is 5.77. The Kier molecular flexibility index (Phi) is 4.34. The molecule has 1 saturated carbocycles. The van der Waals surface area contributed by atoms with Crippen LogP contribution < -0.4 is 5.32 Å². The molecule has 0 bridgehead atoms. The van der Waals surface area contributed by atoms with Crippen LogP contribution in [-0.4, -0.2) is 43.8 Å². The van der Waals surface area contributed by atoms with E-state index in [1.54, 1.807) is 6.07 Å². The molecule has 0 spiro atoms. The Bertz CT molecular complexity index is 454. The highest BCUT2D eigenvalue weighted by molar-refractivity contribution is 5.21. The normalized spacial score (nSPS) is 28.3. The Morgan fingerprint density at radius 1 is 1.40 bits per heavy atom. The summed E-state index contributed by atoms with van der Waals surface area (Å²) in [6.07, 6.45) is 4.01. The lowest BCUT2D eigenvalue weighted by molar-refractivity contribution is -0.0581. The molecular weight excluding hydrogens is 255 g/mol. The molecule has 1 aliphatic heterocycles. The van der Waals surface area contributed by atoms with Gasteiger partial charge in [0.05, 0.1) is 12.7 Å². The van der Waals surface area contributed by atoms with Gasteiger partial charge in [0.25, 0.3) is 0 Å². The van der Waals surface area contributed by atoms with Gasteiger partial charge in [-0.2, -0.15) is 0 Å². The maximum absolute atomic E-state index is 14.0. The molecule has 3 rings (SSSR count). The molecule has 1 aromatic rings. The molecule has 1 N–H and O–H groups in total. The number of benzene rings is 1. The van der Waals surface area contributed by atoms with Gasteiger partial charge in [-0.15, -0.1) is 0 Å². The van der Waals surface area contributed by atoms with E-state index in [2.05, 4.69) is 10.2 Å². The van der Waals surface area contributed by atoms with E-state index in [4.69, 9.17) is 4.74 Å². The summed E-state index contributed by atoms with van der Waals surface area (Å²) >= 11 is 0. The number of nitrogens with zero attached hydrogens (tertiary/aromatic N) is 1. The van der Waals surface area contributed by atoms with Crippen molar-refractivity contribution in [2.45, 2.75) is 37.5 Å². The van der Waals surface area contributed by atoms with Gasteiger partial charge in [0.2, 0.25) is 0 Å². The topological polar surface area (TPSA) is 24.5 Å². The maximum Gasteiger partial charge on any atom is 0.128 e. The van der Waals surface area contributed by atoms with E-state index >= 15 is 0 Å². The van der Waals surface area contributed by atoms with Crippen molar-refractivity contribution in [3.8, 4) is 0 Å². The van der Waals surface area contributed by atoms with Gasteiger partial charge in [0, 0.05) is 30.7 Å². The lowest BCUT2D eigenvalue weighted by atomic mass is 10.0. The molecule has 0 aromatic heterocycles.